The number of rotatable bonds is 4. The molecule has 1 aliphatic carbocycles. The molecule has 1 fully saturated rings. The van der Waals surface area contributed by atoms with Crippen molar-refractivity contribution in [3.8, 4) is 0 Å². The second-order valence-corrected chi connectivity index (χ2v) is 7.37. The van der Waals surface area contributed by atoms with Gasteiger partial charge in [0.15, 0.2) is 6.17 Å². The van der Waals surface area contributed by atoms with Gasteiger partial charge in [0.25, 0.3) is 0 Å². The van der Waals surface area contributed by atoms with Gasteiger partial charge in [-0.3, -0.25) is 0 Å². The van der Waals surface area contributed by atoms with E-state index < -0.39 is 12.1 Å². The highest BCUT2D eigenvalue weighted by Gasteiger charge is 2.32. The van der Waals surface area contributed by atoms with Gasteiger partial charge < -0.3 is 4.74 Å². The van der Waals surface area contributed by atoms with Crippen LogP contribution in [-0.4, -0.2) is 18.2 Å². The molecular formula is C16H29FO2. The number of alkyl halides is 1. The average Bonchev–Trinajstić information content (AvgIpc) is 2.27. The van der Waals surface area contributed by atoms with Gasteiger partial charge in [-0.25, -0.2) is 9.18 Å². The van der Waals surface area contributed by atoms with Crippen molar-refractivity contribution in [3.63, 3.8) is 0 Å². The van der Waals surface area contributed by atoms with Crippen molar-refractivity contribution in [1.82, 2.24) is 0 Å². The largest absolute Gasteiger partial charge is 0.460 e. The van der Waals surface area contributed by atoms with Crippen molar-refractivity contribution in [3.05, 3.63) is 0 Å². The van der Waals surface area contributed by atoms with Crippen molar-refractivity contribution >= 4 is 5.97 Å². The maximum Gasteiger partial charge on any atom is 0.341 e. The molecule has 0 aromatic carbocycles. The molecule has 0 aromatic heterocycles. The van der Waals surface area contributed by atoms with E-state index >= 15 is 0 Å². The first-order valence-electron chi connectivity index (χ1n) is 7.54. The first-order valence-corrected chi connectivity index (χ1v) is 7.54. The van der Waals surface area contributed by atoms with Crippen molar-refractivity contribution in [2.75, 3.05) is 0 Å². The van der Waals surface area contributed by atoms with Crippen LogP contribution in [0, 0.1) is 17.3 Å². The Morgan fingerprint density at radius 2 is 1.74 bits per heavy atom. The van der Waals surface area contributed by atoms with Crippen LogP contribution in [0.3, 0.4) is 0 Å². The Morgan fingerprint density at radius 1 is 1.21 bits per heavy atom. The molecule has 0 aromatic rings. The van der Waals surface area contributed by atoms with Crippen LogP contribution in [0.25, 0.3) is 0 Å². The zero-order chi connectivity index (χ0) is 14.6. The van der Waals surface area contributed by atoms with Gasteiger partial charge in [-0.05, 0) is 49.4 Å². The number of hydrogen-bond donors (Lipinski definition) is 0. The fourth-order valence-electron chi connectivity index (χ4n) is 2.79. The predicted molar refractivity (Wildman–Crippen MR) is 75.6 cm³/mol. The number of esters is 1. The Labute approximate surface area is 117 Å². The molecule has 0 spiro atoms. The number of hydrogen-bond acceptors (Lipinski definition) is 2. The minimum Gasteiger partial charge on any atom is -0.460 e. The van der Waals surface area contributed by atoms with Crippen LogP contribution in [0.2, 0.25) is 0 Å². The summed E-state index contributed by atoms with van der Waals surface area (Å²) < 4.78 is 18.9. The summed E-state index contributed by atoms with van der Waals surface area (Å²) in [5.74, 6) is 0.200. The van der Waals surface area contributed by atoms with E-state index in [4.69, 9.17) is 4.74 Å². The molecule has 2 nitrogen and oxygen atoms in total. The minimum atomic E-state index is -1.46. The zero-order valence-corrected chi connectivity index (χ0v) is 13.0. The topological polar surface area (TPSA) is 26.3 Å². The molecule has 3 heteroatoms. The molecule has 1 aliphatic rings. The lowest BCUT2D eigenvalue weighted by Crippen LogP contribution is -2.32. The molecule has 1 saturated carbocycles. The number of ether oxygens (including phenoxy) is 1. The minimum absolute atomic E-state index is 0.0727. The van der Waals surface area contributed by atoms with Gasteiger partial charge in [-0.15, -0.1) is 0 Å². The van der Waals surface area contributed by atoms with E-state index in [1.807, 2.05) is 13.8 Å². The third kappa shape index (κ3) is 5.50. The smallest absolute Gasteiger partial charge is 0.341 e. The van der Waals surface area contributed by atoms with Crippen molar-refractivity contribution < 1.29 is 13.9 Å². The summed E-state index contributed by atoms with van der Waals surface area (Å²) in [4.78, 5) is 11.6. The maximum absolute atomic E-state index is 13.6. The number of carbonyl (C=O) groups excluding carboxylic acids is 1. The van der Waals surface area contributed by atoms with Crippen LogP contribution in [-0.2, 0) is 9.53 Å². The number of carbonyl (C=O) groups is 1. The molecule has 1 atom stereocenters. The van der Waals surface area contributed by atoms with E-state index in [9.17, 15) is 9.18 Å². The molecule has 0 radical (unpaired) electrons. The molecule has 0 heterocycles. The van der Waals surface area contributed by atoms with E-state index in [-0.39, 0.29) is 18.4 Å². The Morgan fingerprint density at radius 3 is 2.16 bits per heavy atom. The van der Waals surface area contributed by atoms with Gasteiger partial charge in [0.2, 0.25) is 0 Å². The van der Waals surface area contributed by atoms with Gasteiger partial charge in [0, 0.05) is 0 Å². The van der Waals surface area contributed by atoms with E-state index in [0.717, 1.165) is 25.7 Å². The standard InChI is InChI=1S/C16H29FO2/c1-11(2)10-14(17)15(18)19-13-8-6-12(7-9-13)16(3,4)5/h11-14H,6-10H2,1-5H3. The monoisotopic (exact) mass is 272 g/mol. The van der Waals surface area contributed by atoms with Crippen LogP contribution in [0.1, 0.15) is 66.7 Å². The highest BCUT2D eigenvalue weighted by molar-refractivity contribution is 5.74. The molecule has 112 valence electrons. The normalized spacial score (nSPS) is 26.3. The summed E-state index contributed by atoms with van der Waals surface area (Å²) >= 11 is 0. The molecule has 1 rings (SSSR count). The molecule has 0 bridgehead atoms. The average molecular weight is 272 g/mol. The van der Waals surface area contributed by atoms with Crippen molar-refractivity contribution in [2.45, 2.75) is 79.0 Å². The van der Waals surface area contributed by atoms with Crippen molar-refractivity contribution in [2.24, 2.45) is 17.3 Å². The second kappa shape index (κ2) is 6.71. The van der Waals surface area contributed by atoms with Gasteiger partial charge in [0.1, 0.15) is 6.10 Å². The van der Waals surface area contributed by atoms with E-state index in [1.165, 1.54) is 0 Å². The molecule has 19 heavy (non-hydrogen) atoms. The summed E-state index contributed by atoms with van der Waals surface area (Å²) in [5.41, 5.74) is 0.315. The summed E-state index contributed by atoms with van der Waals surface area (Å²) in [6.07, 6.45) is 2.63. The van der Waals surface area contributed by atoms with Crippen LogP contribution in [0.4, 0.5) is 4.39 Å². The Bertz CT molecular complexity index is 286. The molecule has 0 aliphatic heterocycles. The number of halogens is 1. The van der Waals surface area contributed by atoms with E-state index in [2.05, 4.69) is 20.8 Å². The third-order valence-electron chi connectivity index (χ3n) is 4.12. The quantitative estimate of drug-likeness (QED) is 0.703. The predicted octanol–water partition coefficient (Wildman–Crippen LogP) is 4.52. The second-order valence-electron chi connectivity index (χ2n) is 7.37. The summed E-state index contributed by atoms with van der Waals surface area (Å²) in [6.45, 7) is 10.6. The Balaban J connectivity index is 2.35. The molecule has 1 unspecified atom stereocenters. The van der Waals surface area contributed by atoms with Crippen LogP contribution in [0.5, 0.6) is 0 Å². The van der Waals surface area contributed by atoms with Gasteiger partial charge in [0.05, 0.1) is 0 Å². The molecular weight excluding hydrogens is 243 g/mol. The van der Waals surface area contributed by atoms with Gasteiger partial charge in [-0.2, -0.15) is 0 Å². The lowest BCUT2D eigenvalue weighted by atomic mass is 9.72. The highest BCUT2D eigenvalue weighted by atomic mass is 19.1. The van der Waals surface area contributed by atoms with Crippen LogP contribution < -0.4 is 0 Å². The van der Waals surface area contributed by atoms with Crippen LogP contribution >= 0.6 is 0 Å². The third-order valence-corrected chi connectivity index (χ3v) is 4.12. The lowest BCUT2D eigenvalue weighted by Gasteiger charge is -2.36. The van der Waals surface area contributed by atoms with E-state index in [1.54, 1.807) is 0 Å². The Hall–Kier alpha value is -0.600. The van der Waals surface area contributed by atoms with Crippen LogP contribution in [0.15, 0.2) is 0 Å². The fourth-order valence-corrected chi connectivity index (χ4v) is 2.79. The maximum atomic E-state index is 13.6. The van der Waals surface area contributed by atoms with Gasteiger partial charge in [-0.1, -0.05) is 34.6 Å². The summed E-state index contributed by atoms with van der Waals surface area (Å²) in [7, 11) is 0. The zero-order valence-electron chi connectivity index (χ0n) is 13.0. The van der Waals surface area contributed by atoms with Crippen molar-refractivity contribution in [1.29, 1.82) is 0 Å². The molecule has 0 amide bonds. The molecule has 0 saturated heterocycles. The SMILES string of the molecule is CC(C)CC(F)C(=O)OC1CCC(C(C)(C)C)CC1. The lowest BCUT2D eigenvalue weighted by molar-refractivity contribution is -0.158. The van der Waals surface area contributed by atoms with E-state index in [0.29, 0.717) is 11.3 Å². The Kier molecular flexibility index (Phi) is 5.82. The highest BCUT2D eigenvalue weighted by Crippen LogP contribution is 2.38. The molecule has 0 N–H and O–H groups in total. The summed E-state index contributed by atoms with van der Waals surface area (Å²) in [6, 6.07) is 0. The first-order chi connectivity index (χ1) is 8.70. The first kappa shape index (κ1) is 16.5. The van der Waals surface area contributed by atoms with Gasteiger partial charge >= 0.3 is 5.97 Å². The fraction of sp³-hybridized carbons (Fsp3) is 0.938. The summed E-state index contributed by atoms with van der Waals surface area (Å²) in [5, 5.41) is 0.